The van der Waals surface area contributed by atoms with Crippen LogP contribution in [0.2, 0.25) is 0 Å². The maximum atomic E-state index is 4.67. The molecule has 1 aliphatic rings. The number of benzene rings is 1. The van der Waals surface area contributed by atoms with Gasteiger partial charge in [0.25, 0.3) is 0 Å². The highest BCUT2D eigenvalue weighted by molar-refractivity contribution is 9.10. The van der Waals surface area contributed by atoms with Crippen LogP contribution in [0.25, 0.3) is 17.3 Å². The monoisotopic (exact) mass is 389 g/mol. The molecular weight excluding hydrogens is 370 g/mol. The molecule has 0 atom stereocenters. The zero-order valence-corrected chi connectivity index (χ0v) is 15.6. The predicted octanol–water partition coefficient (Wildman–Crippen LogP) is 4.35. The molecule has 2 aromatic rings. The highest BCUT2D eigenvalue weighted by atomic mass is 79.9. The summed E-state index contributed by atoms with van der Waals surface area (Å²) < 4.78 is 1.09. The van der Waals surface area contributed by atoms with Crippen LogP contribution in [0.1, 0.15) is 5.01 Å². The van der Waals surface area contributed by atoms with E-state index in [-0.39, 0.29) is 0 Å². The van der Waals surface area contributed by atoms with Gasteiger partial charge in [0.1, 0.15) is 5.01 Å². The lowest BCUT2D eigenvalue weighted by Gasteiger charge is -2.31. The summed E-state index contributed by atoms with van der Waals surface area (Å²) in [6.45, 7) is 4.48. The maximum absolute atomic E-state index is 4.67. The smallest absolute Gasteiger partial charge is 0.116 e. The number of likely N-dealkylation sites (N-methyl/N-ethyl adjacent to an activating group) is 1. The molecule has 0 radical (unpaired) electrons. The molecule has 3 rings (SSSR count). The van der Waals surface area contributed by atoms with Crippen LogP contribution >= 0.6 is 27.3 Å². The Balaban J connectivity index is 1.57. The highest BCUT2D eigenvalue weighted by Crippen LogP contribution is 2.24. The van der Waals surface area contributed by atoms with E-state index in [9.17, 15) is 0 Å². The van der Waals surface area contributed by atoms with E-state index in [1.165, 1.54) is 0 Å². The Morgan fingerprint density at radius 2 is 1.83 bits per heavy atom. The van der Waals surface area contributed by atoms with Gasteiger partial charge >= 0.3 is 0 Å². The molecular formula is C18H20BrN3S. The van der Waals surface area contributed by atoms with Crippen LogP contribution in [0.4, 0.5) is 0 Å². The molecule has 1 saturated heterocycles. The number of aromatic nitrogens is 1. The second kappa shape index (κ2) is 7.90. The van der Waals surface area contributed by atoms with Crippen LogP contribution in [0, 0.1) is 0 Å². The van der Waals surface area contributed by atoms with Gasteiger partial charge in [0.15, 0.2) is 0 Å². The number of allylic oxidation sites excluding steroid dienone is 2. The molecule has 5 heteroatoms. The van der Waals surface area contributed by atoms with E-state index in [1.54, 1.807) is 11.3 Å². The third kappa shape index (κ3) is 4.77. The van der Waals surface area contributed by atoms with E-state index in [0.717, 1.165) is 46.9 Å². The first-order chi connectivity index (χ1) is 11.2. The average molecular weight is 390 g/mol. The standard InChI is InChI=1S/C18H20BrN3S/c1-21-10-12-22(13-11-21)9-3-2-4-18-20-17(14-23-18)15-5-7-16(19)8-6-15/h2-9,14H,10-13H2,1H3/b4-2+,9-3+. The molecule has 1 aromatic carbocycles. The fraction of sp³-hybridized carbons (Fsp3) is 0.278. The molecule has 0 unspecified atom stereocenters. The second-order valence-corrected chi connectivity index (χ2v) is 7.42. The Labute approximate surface area is 150 Å². The van der Waals surface area contributed by atoms with Crippen molar-refractivity contribution in [3.05, 3.63) is 57.5 Å². The van der Waals surface area contributed by atoms with Crippen molar-refractivity contribution >= 4 is 33.3 Å². The number of rotatable bonds is 4. The molecule has 0 bridgehead atoms. The summed E-state index contributed by atoms with van der Waals surface area (Å²) in [4.78, 5) is 9.39. The van der Waals surface area contributed by atoms with Gasteiger partial charge in [0.05, 0.1) is 5.69 Å². The average Bonchev–Trinajstić information content (AvgIpc) is 3.03. The summed E-state index contributed by atoms with van der Waals surface area (Å²) in [5.41, 5.74) is 2.18. The number of piperazine rings is 1. The van der Waals surface area contributed by atoms with Crippen LogP contribution < -0.4 is 0 Å². The van der Waals surface area contributed by atoms with E-state index in [1.807, 2.05) is 12.1 Å². The van der Waals surface area contributed by atoms with Gasteiger partial charge in [-0.3, -0.25) is 0 Å². The van der Waals surface area contributed by atoms with E-state index < -0.39 is 0 Å². The first kappa shape index (κ1) is 16.4. The number of hydrogen-bond acceptors (Lipinski definition) is 4. The number of halogens is 1. The van der Waals surface area contributed by atoms with Crippen molar-refractivity contribution in [2.24, 2.45) is 0 Å². The van der Waals surface area contributed by atoms with Crippen LogP contribution in [0.5, 0.6) is 0 Å². The Morgan fingerprint density at radius 3 is 2.57 bits per heavy atom. The minimum atomic E-state index is 1.03. The van der Waals surface area contributed by atoms with Crippen LogP contribution in [-0.2, 0) is 0 Å². The molecule has 1 aromatic heterocycles. The third-order valence-electron chi connectivity index (χ3n) is 3.85. The fourth-order valence-corrected chi connectivity index (χ4v) is 3.39. The summed E-state index contributed by atoms with van der Waals surface area (Å²) >= 11 is 5.13. The van der Waals surface area contributed by atoms with Crippen LogP contribution in [-0.4, -0.2) is 48.0 Å². The van der Waals surface area contributed by atoms with Crippen molar-refractivity contribution in [3.8, 4) is 11.3 Å². The van der Waals surface area contributed by atoms with Crippen LogP contribution in [0.3, 0.4) is 0 Å². The van der Waals surface area contributed by atoms with E-state index in [0.29, 0.717) is 0 Å². The lowest BCUT2D eigenvalue weighted by molar-refractivity contribution is 0.198. The van der Waals surface area contributed by atoms with Gasteiger partial charge in [-0.1, -0.05) is 34.1 Å². The molecule has 3 nitrogen and oxygen atoms in total. The minimum absolute atomic E-state index is 1.03. The normalized spacial score (nSPS) is 16.7. The van der Waals surface area contributed by atoms with E-state index in [2.05, 4.69) is 79.7 Å². The molecule has 0 aliphatic carbocycles. The maximum Gasteiger partial charge on any atom is 0.116 e. The first-order valence-corrected chi connectivity index (χ1v) is 9.37. The minimum Gasteiger partial charge on any atom is -0.375 e. The topological polar surface area (TPSA) is 19.4 Å². The van der Waals surface area contributed by atoms with Crippen molar-refractivity contribution in [2.45, 2.75) is 0 Å². The van der Waals surface area contributed by atoms with Gasteiger partial charge in [0.2, 0.25) is 0 Å². The van der Waals surface area contributed by atoms with Gasteiger partial charge in [-0.25, -0.2) is 4.98 Å². The Hall–Kier alpha value is -1.43. The summed E-state index contributed by atoms with van der Waals surface area (Å²) in [6, 6.07) is 8.26. The van der Waals surface area contributed by atoms with Crippen molar-refractivity contribution in [1.82, 2.24) is 14.8 Å². The molecule has 1 aliphatic heterocycles. The molecule has 120 valence electrons. The number of nitrogens with zero attached hydrogens (tertiary/aromatic N) is 3. The van der Waals surface area contributed by atoms with Crippen molar-refractivity contribution in [1.29, 1.82) is 0 Å². The highest BCUT2D eigenvalue weighted by Gasteiger charge is 2.09. The molecule has 0 amide bonds. The SMILES string of the molecule is CN1CCN(/C=C/C=C/c2nc(-c3ccc(Br)cc3)cs2)CC1. The van der Waals surface area contributed by atoms with E-state index >= 15 is 0 Å². The van der Waals surface area contributed by atoms with Crippen molar-refractivity contribution < 1.29 is 0 Å². The Morgan fingerprint density at radius 1 is 1.09 bits per heavy atom. The summed E-state index contributed by atoms with van der Waals surface area (Å²) in [5.74, 6) is 0. The summed E-state index contributed by atoms with van der Waals surface area (Å²) in [7, 11) is 2.17. The summed E-state index contributed by atoms with van der Waals surface area (Å²) in [6.07, 6.45) is 8.42. The first-order valence-electron chi connectivity index (χ1n) is 7.70. The van der Waals surface area contributed by atoms with E-state index in [4.69, 9.17) is 0 Å². The molecule has 0 N–H and O–H groups in total. The van der Waals surface area contributed by atoms with Gasteiger partial charge in [0, 0.05) is 41.6 Å². The van der Waals surface area contributed by atoms with Crippen molar-refractivity contribution in [3.63, 3.8) is 0 Å². The summed E-state index contributed by atoms with van der Waals surface area (Å²) in [5, 5.41) is 3.14. The lowest BCUT2D eigenvalue weighted by atomic mass is 10.2. The largest absolute Gasteiger partial charge is 0.375 e. The molecule has 23 heavy (non-hydrogen) atoms. The van der Waals surface area contributed by atoms with Gasteiger partial charge in [-0.2, -0.15) is 0 Å². The lowest BCUT2D eigenvalue weighted by Crippen LogP contribution is -2.41. The molecule has 2 heterocycles. The van der Waals surface area contributed by atoms with Crippen molar-refractivity contribution in [2.75, 3.05) is 33.2 Å². The Kier molecular flexibility index (Phi) is 5.65. The zero-order chi connectivity index (χ0) is 16.1. The fourth-order valence-electron chi connectivity index (χ4n) is 2.40. The van der Waals surface area contributed by atoms with Gasteiger partial charge < -0.3 is 9.80 Å². The quantitative estimate of drug-likeness (QED) is 0.724. The van der Waals surface area contributed by atoms with Gasteiger partial charge in [-0.15, -0.1) is 11.3 Å². The molecule has 0 spiro atoms. The molecule has 1 fully saturated rings. The zero-order valence-electron chi connectivity index (χ0n) is 13.2. The second-order valence-electron chi connectivity index (χ2n) is 5.62. The predicted molar refractivity (Wildman–Crippen MR) is 102 cm³/mol. The molecule has 0 saturated carbocycles. The van der Waals surface area contributed by atoms with Crippen LogP contribution in [0.15, 0.2) is 52.5 Å². The number of hydrogen-bond donors (Lipinski definition) is 0. The number of thiazole rings is 1. The third-order valence-corrected chi connectivity index (χ3v) is 5.19. The Bertz CT molecular complexity index is 683. The van der Waals surface area contributed by atoms with Gasteiger partial charge in [-0.05, 0) is 37.5 Å².